The molecule has 178 valence electrons. The van der Waals surface area contributed by atoms with Crippen molar-refractivity contribution < 1.29 is 24.2 Å². The van der Waals surface area contributed by atoms with Crippen LogP contribution in [0.4, 0.5) is 11.4 Å². The van der Waals surface area contributed by atoms with Gasteiger partial charge >= 0.3 is 0 Å². The maximum Gasteiger partial charge on any atom is 0.300 e. The molecular weight excluding hydrogens is 470 g/mol. The number of nitrogens with one attached hydrogen (secondary N) is 1. The number of ether oxygens (including phenoxy) is 1. The van der Waals surface area contributed by atoms with Crippen molar-refractivity contribution in [1.82, 2.24) is 4.98 Å². The molecular formula is C26H22ClN3O5. The van der Waals surface area contributed by atoms with Crippen LogP contribution < -0.4 is 15.0 Å². The van der Waals surface area contributed by atoms with E-state index < -0.39 is 23.5 Å². The number of carbonyl (C=O) groups excluding carboxylic acids is 3. The van der Waals surface area contributed by atoms with Gasteiger partial charge in [-0.05, 0) is 60.5 Å². The fourth-order valence-corrected chi connectivity index (χ4v) is 4.47. The Bertz CT molecular complexity index is 1350. The Morgan fingerprint density at radius 3 is 2.49 bits per heavy atom. The van der Waals surface area contributed by atoms with Crippen molar-refractivity contribution in [3.05, 3.63) is 88.2 Å². The van der Waals surface area contributed by atoms with Gasteiger partial charge in [-0.1, -0.05) is 17.7 Å². The number of aliphatic hydroxyl groups is 1. The Hall–Kier alpha value is -4.17. The molecule has 1 aliphatic heterocycles. The highest BCUT2D eigenvalue weighted by Gasteiger charge is 2.47. The second kappa shape index (κ2) is 9.60. The van der Waals surface area contributed by atoms with E-state index in [2.05, 4.69) is 10.3 Å². The average Bonchev–Trinajstić information content (AvgIpc) is 3.09. The lowest BCUT2D eigenvalue weighted by molar-refractivity contribution is -0.132. The number of hydrogen-bond donors (Lipinski definition) is 2. The quantitative estimate of drug-likeness (QED) is 0.306. The first kappa shape index (κ1) is 24.0. The summed E-state index contributed by atoms with van der Waals surface area (Å²) in [7, 11) is 1.40. The maximum absolute atomic E-state index is 13.3. The lowest BCUT2D eigenvalue weighted by atomic mass is 9.95. The number of aromatic nitrogens is 1. The minimum absolute atomic E-state index is 0.117. The monoisotopic (exact) mass is 491 g/mol. The third kappa shape index (κ3) is 4.48. The number of anilines is 2. The van der Waals surface area contributed by atoms with Gasteiger partial charge in [0.15, 0.2) is 0 Å². The number of ketones is 1. The van der Waals surface area contributed by atoms with Crippen LogP contribution in [0.25, 0.3) is 5.76 Å². The van der Waals surface area contributed by atoms with E-state index in [1.807, 2.05) is 0 Å². The molecule has 4 rings (SSSR count). The number of methoxy groups -OCH3 is 1. The number of amides is 2. The predicted molar refractivity (Wildman–Crippen MR) is 133 cm³/mol. The fraction of sp³-hybridized carbons (Fsp3) is 0.154. The van der Waals surface area contributed by atoms with E-state index in [4.69, 9.17) is 16.3 Å². The second-order valence-electron chi connectivity index (χ2n) is 8.01. The number of pyridine rings is 1. The maximum atomic E-state index is 13.3. The minimum atomic E-state index is -0.959. The largest absolute Gasteiger partial charge is 0.507 e. The predicted octanol–water partition coefficient (Wildman–Crippen LogP) is 4.64. The first-order chi connectivity index (χ1) is 16.7. The summed E-state index contributed by atoms with van der Waals surface area (Å²) in [6, 6.07) is 12.2. The Morgan fingerprint density at radius 2 is 1.89 bits per heavy atom. The highest BCUT2D eigenvalue weighted by atomic mass is 35.5. The van der Waals surface area contributed by atoms with E-state index in [9.17, 15) is 19.5 Å². The van der Waals surface area contributed by atoms with Crippen LogP contribution in [0.3, 0.4) is 0 Å². The van der Waals surface area contributed by atoms with Gasteiger partial charge in [-0.25, -0.2) is 0 Å². The third-order valence-corrected chi connectivity index (χ3v) is 5.84. The van der Waals surface area contributed by atoms with Crippen molar-refractivity contribution in [2.75, 3.05) is 17.3 Å². The lowest BCUT2D eigenvalue weighted by Crippen LogP contribution is -2.29. The average molecular weight is 492 g/mol. The third-order valence-electron chi connectivity index (χ3n) is 5.56. The van der Waals surface area contributed by atoms with Crippen LogP contribution in [0.2, 0.25) is 5.02 Å². The number of aliphatic hydroxyl groups excluding tert-OH is 1. The lowest BCUT2D eigenvalue weighted by Gasteiger charge is -2.25. The van der Waals surface area contributed by atoms with Gasteiger partial charge in [0, 0.05) is 30.7 Å². The Kier molecular flexibility index (Phi) is 6.57. The van der Waals surface area contributed by atoms with Gasteiger partial charge in [0.05, 0.1) is 29.3 Å². The topological polar surface area (TPSA) is 109 Å². The van der Waals surface area contributed by atoms with Gasteiger partial charge in [0.1, 0.15) is 11.5 Å². The summed E-state index contributed by atoms with van der Waals surface area (Å²) in [6.07, 6.45) is 3.10. The molecule has 1 fully saturated rings. The van der Waals surface area contributed by atoms with Crippen molar-refractivity contribution >= 4 is 46.3 Å². The van der Waals surface area contributed by atoms with Crippen LogP contribution in [0.15, 0.2) is 66.5 Å². The molecule has 0 aliphatic carbocycles. The van der Waals surface area contributed by atoms with E-state index in [0.29, 0.717) is 16.9 Å². The number of benzene rings is 2. The van der Waals surface area contributed by atoms with Gasteiger partial charge in [-0.2, -0.15) is 0 Å². The summed E-state index contributed by atoms with van der Waals surface area (Å²) in [6.45, 7) is 3.18. The van der Waals surface area contributed by atoms with Crippen LogP contribution in [0.1, 0.15) is 29.7 Å². The van der Waals surface area contributed by atoms with Crippen LogP contribution in [-0.4, -0.2) is 34.8 Å². The summed E-state index contributed by atoms with van der Waals surface area (Å²) in [5, 5.41) is 14.3. The number of hydrogen-bond acceptors (Lipinski definition) is 6. The molecule has 1 saturated heterocycles. The number of rotatable bonds is 5. The number of Topliss-reactive ketones (excluding diaryl/α,β-unsaturated/α-hetero) is 1. The van der Waals surface area contributed by atoms with E-state index in [1.165, 1.54) is 25.1 Å². The van der Waals surface area contributed by atoms with Gasteiger partial charge in [-0.15, -0.1) is 0 Å². The first-order valence-corrected chi connectivity index (χ1v) is 11.0. The molecule has 0 spiro atoms. The summed E-state index contributed by atoms with van der Waals surface area (Å²) in [4.78, 5) is 43.4. The molecule has 8 nitrogen and oxygen atoms in total. The highest BCUT2D eigenvalue weighted by Crippen LogP contribution is 2.44. The van der Waals surface area contributed by atoms with Crippen LogP contribution >= 0.6 is 11.6 Å². The van der Waals surface area contributed by atoms with E-state index >= 15 is 0 Å². The zero-order valence-electron chi connectivity index (χ0n) is 19.2. The molecule has 35 heavy (non-hydrogen) atoms. The van der Waals surface area contributed by atoms with Crippen LogP contribution in [0.5, 0.6) is 5.75 Å². The number of nitrogens with zero attached hydrogens (tertiary/aromatic N) is 2. The summed E-state index contributed by atoms with van der Waals surface area (Å²) < 4.78 is 5.39. The standard InChI is InChI=1S/C26H22ClN3O5/c1-14-11-19(25(35-3)20(27)12-14)23(32)21-22(16-5-4-10-28-13-16)30(26(34)24(21)33)18-8-6-17(7-9-18)29-15(2)31/h4-13,22,32H,1-3H3,(H,29,31)/b23-21+. The van der Waals surface area contributed by atoms with Crippen molar-refractivity contribution in [1.29, 1.82) is 0 Å². The van der Waals surface area contributed by atoms with E-state index in [-0.39, 0.29) is 27.8 Å². The molecule has 1 aromatic heterocycles. The Labute approximate surface area is 206 Å². The summed E-state index contributed by atoms with van der Waals surface area (Å²) >= 11 is 6.32. The summed E-state index contributed by atoms with van der Waals surface area (Å²) in [5.74, 6) is -2.13. The molecule has 1 unspecified atom stereocenters. The van der Waals surface area contributed by atoms with Gasteiger partial charge in [0.25, 0.3) is 11.7 Å². The molecule has 0 radical (unpaired) electrons. The zero-order chi connectivity index (χ0) is 25.3. The molecule has 0 bridgehead atoms. The van der Waals surface area contributed by atoms with Crippen LogP contribution in [0, 0.1) is 6.92 Å². The molecule has 2 heterocycles. The number of carbonyl (C=O) groups is 3. The van der Waals surface area contributed by atoms with Gasteiger partial charge in [-0.3, -0.25) is 24.3 Å². The summed E-state index contributed by atoms with van der Waals surface area (Å²) in [5.41, 5.74) is 2.28. The van der Waals surface area contributed by atoms with Crippen LogP contribution in [-0.2, 0) is 14.4 Å². The van der Waals surface area contributed by atoms with Gasteiger partial charge in [0.2, 0.25) is 5.91 Å². The molecule has 2 N–H and O–H groups in total. The minimum Gasteiger partial charge on any atom is -0.507 e. The van der Waals surface area contributed by atoms with Crippen molar-refractivity contribution in [3.63, 3.8) is 0 Å². The highest BCUT2D eigenvalue weighted by molar-refractivity contribution is 6.51. The number of halogens is 1. The van der Waals surface area contributed by atoms with E-state index in [1.54, 1.807) is 61.7 Å². The zero-order valence-corrected chi connectivity index (χ0v) is 20.0. The molecule has 1 aliphatic rings. The number of aryl methyl sites for hydroxylation is 1. The Morgan fingerprint density at radius 1 is 1.17 bits per heavy atom. The van der Waals surface area contributed by atoms with Crippen molar-refractivity contribution in [2.45, 2.75) is 19.9 Å². The van der Waals surface area contributed by atoms with E-state index in [0.717, 1.165) is 5.56 Å². The molecule has 0 saturated carbocycles. The molecule has 2 aromatic carbocycles. The van der Waals surface area contributed by atoms with Crippen molar-refractivity contribution in [3.8, 4) is 5.75 Å². The molecule has 9 heteroatoms. The normalized spacial score (nSPS) is 16.9. The second-order valence-corrected chi connectivity index (χ2v) is 8.42. The smallest absolute Gasteiger partial charge is 0.300 e. The van der Waals surface area contributed by atoms with Gasteiger partial charge < -0.3 is 15.2 Å². The first-order valence-electron chi connectivity index (χ1n) is 10.7. The fourth-order valence-electron chi connectivity index (χ4n) is 4.12. The van der Waals surface area contributed by atoms with Crippen molar-refractivity contribution in [2.24, 2.45) is 0 Å². The Balaban J connectivity index is 1.92. The molecule has 1 atom stereocenters. The molecule has 2 amide bonds. The molecule has 3 aromatic rings. The SMILES string of the molecule is COc1c(Cl)cc(C)cc1/C(O)=C1\C(=O)C(=O)N(c2ccc(NC(C)=O)cc2)C1c1cccnc1.